The minimum atomic E-state index is 0.716. The Kier molecular flexibility index (Phi) is 4.13. The lowest BCUT2D eigenvalue weighted by molar-refractivity contribution is 0.434. The van der Waals surface area contributed by atoms with Crippen LogP contribution in [0.3, 0.4) is 0 Å². The highest BCUT2D eigenvalue weighted by Gasteiger charge is 2.20. The third-order valence-corrected chi connectivity index (χ3v) is 4.32. The van der Waals surface area contributed by atoms with E-state index in [1.165, 1.54) is 17.7 Å². The van der Waals surface area contributed by atoms with Gasteiger partial charge in [-0.1, -0.05) is 28.1 Å². The number of rotatable bonds is 3. The molecule has 0 spiro atoms. The van der Waals surface area contributed by atoms with Crippen LogP contribution >= 0.6 is 15.9 Å². The zero-order valence-corrected chi connectivity index (χ0v) is 13.2. The molecule has 2 aromatic rings. The number of nitrogens with one attached hydrogen (secondary N) is 1. The van der Waals surface area contributed by atoms with Gasteiger partial charge in [-0.05, 0) is 56.5 Å². The van der Waals surface area contributed by atoms with Crippen LogP contribution in [-0.4, -0.2) is 23.6 Å². The number of aromatic nitrogens is 2. The van der Waals surface area contributed by atoms with Crippen molar-refractivity contribution in [3.63, 3.8) is 0 Å². The van der Waals surface area contributed by atoms with Crippen molar-refractivity contribution < 1.29 is 0 Å². The summed E-state index contributed by atoms with van der Waals surface area (Å²) in [7, 11) is 2.02. The van der Waals surface area contributed by atoms with Crippen LogP contribution in [0.1, 0.15) is 17.7 Å². The molecule has 1 aromatic carbocycles. The summed E-state index contributed by atoms with van der Waals surface area (Å²) in [6, 6.07) is 8.16. The number of aryl methyl sites for hydroxylation is 1. The lowest BCUT2D eigenvalue weighted by Crippen LogP contribution is -2.25. The van der Waals surface area contributed by atoms with E-state index < -0.39 is 0 Å². The fourth-order valence-electron chi connectivity index (χ4n) is 2.81. The molecule has 3 rings (SSSR count). The predicted octanol–water partition coefficient (Wildman–Crippen LogP) is 3.23. The smallest absolute Gasteiger partial charge is 0.159 e. The molecule has 4 heteroatoms. The molecular weight excluding hydrogens is 314 g/mol. The van der Waals surface area contributed by atoms with Gasteiger partial charge in [0.1, 0.15) is 0 Å². The summed E-state index contributed by atoms with van der Waals surface area (Å²) in [5, 5.41) is 3.27. The van der Waals surface area contributed by atoms with Gasteiger partial charge < -0.3 is 5.32 Å². The molecule has 1 atom stereocenters. The van der Waals surface area contributed by atoms with E-state index in [1.807, 2.05) is 25.4 Å². The van der Waals surface area contributed by atoms with Gasteiger partial charge >= 0.3 is 0 Å². The monoisotopic (exact) mass is 331 g/mol. The van der Waals surface area contributed by atoms with Gasteiger partial charge in [-0.2, -0.15) is 0 Å². The van der Waals surface area contributed by atoms with Crippen molar-refractivity contribution in [3.8, 4) is 11.4 Å². The highest BCUT2D eigenvalue weighted by Crippen LogP contribution is 2.26. The SMILES string of the molecule is CNCC1CCc2nc(-c3cccc(Br)c3)ncc2C1. The molecule has 1 N–H and O–H groups in total. The van der Waals surface area contributed by atoms with Crippen LogP contribution < -0.4 is 5.32 Å². The Bertz CT molecular complexity index is 612. The molecule has 0 saturated heterocycles. The van der Waals surface area contributed by atoms with E-state index in [1.54, 1.807) is 0 Å². The summed E-state index contributed by atoms with van der Waals surface area (Å²) >= 11 is 3.50. The molecule has 1 aliphatic rings. The first-order valence-electron chi connectivity index (χ1n) is 7.01. The van der Waals surface area contributed by atoms with Gasteiger partial charge in [0, 0.05) is 21.9 Å². The van der Waals surface area contributed by atoms with Crippen LogP contribution in [-0.2, 0) is 12.8 Å². The minimum Gasteiger partial charge on any atom is -0.319 e. The Hall–Kier alpha value is -1.26. The molecule has 1 heterocycles. The molecular formula is C16H18BrN3. The molecule has 0 aliphatic heterocycles. The summed E-state index contributed by atoms with van der Waals surface area (Å²) in [6.07, 6.45) is 5.38. The number of halogens is 1. The van der Waals surface area contributed by atoms with Crippen LogP contribution in [0.25, 0.3) is 11.4 Å². The molecule has 0 amide bonds. The summed E-state index contributed by atoms with van der Waals surface area (Å²) in [6.45, 7) is 1.08. The lowest BCUT2D eigenvalue weighted by atomic mass is 9.87. The Balaban J connectivity index is 1.87. The average molecular weight is 332 g/mol. The van der Waals surface area contributed by atoms with E-state index in [0.717, 1.165) is 35.2 Å². The van der Waals surface area contributed by atoms with Crippen molar-refractivity contribution in [3.05, 3.63) is 46.2 Å². The van der Waals surface area contributed by atoms with Gasteiger partial charge in [-0.15, -0.1) is 0 Å². The normalized spacial score (nSPS) is 17.8. The topological polar surface area (TPSA) is 37.8 Å². The zero-order valence-electron chi connectivity index (χ0n) is 11.6. The second-order valence-electron chi connectivity index (χ2n) is 5.34. The Labute approximate surface area is 128 Å². The molecule has 20 heavy (non-hydrogen) atoms. The second-order valence-corrected chi connectivity index (χ2v) is 6.26. The molecule has 0 saturated carbocycles. The highest BCUT2D eigenvalue weighted by molar-refractivity contribution is 9.10. The average Bonchev–Trinajstić information content (AvgIpc) is 2.47. The number of nitrogens with zero attached hydrogens (tertiary/aromatic N) is 2. The largest absolute Gasteiger partial charge is 0.319 e. The maximum Gasteiger partial charge on any atom is 0.159 e. The van der Waals surface area contributed by atoms with Gasteiger partial charge in [0.15, 0.2) is 5.82 Å². The number of hydrogen-bond donors (Lipinski definition) is 1. The molecule has 0 fully saturated rings. The maximum absolute atomic E-state index is 4.77. The number of benzene rings is 1. The lowest BCUT2D eigenvalue weighted by Gasteiger charge is -2.23. The minimum absolute atomic E-state index is 0.716. The molecule has 1 aliphatic carbocycles. The second kappa shape index (κ2) is 6.02. The van der Waals surface area contributed by atoms with E-state index in [0.29, 0.717) is 5.92 Å². The van der Waals surface area contributed by atoms with Gasteiger partial charge in [0.05, 0.1) is 0 Å². The van der Waals surface area contributed by atoms with Crippen molar-refractivity contribution in [2.24, 2.45) is 5.92 Å². The van der Waals surface area contributed by atoms with Crippen molar-refractivity contribution >= 4 is 15.9 Å². The fraction of sp³-hybridized carbons (Fsp3) is 0.375. The highest BCUT2D eigenvalue weighted by atomic mass is 79.9. The Morgan fingerprint density at radius 2 is 2.30 bits per heavy atom. The zero-order chi connectivity index (χ0) is 13.9. The molecule has 3 nitrogen and oxygen atoms in total. The number of fused-ring (bicyclic) bond motifs is 1. The van der Waals surface area contributed by atoms with E-state index >= 15 is 0 Å². The number of hydrogen-bond acceptors (Lipinski definition) is 3. The standard InChI is InChI=1S/C16H18BrN3/c1-18-9-11-5-6-15-13(7-11)10-19-16(20-15)12-3-2-4-14(17)8-12/h2-4,8,10-11,18H,5-7,9H2,1H3. The van der Waals surface area contributed by atoms with E-state index in [4.69, 9.17) is 4.98 Å². The van der Waals surface area contributed by atoms with E-state index in [9.17, 15) is 0 Å². The van der Waals surface area contributed by atoms with Crippen LogP contribution in [0.15, 0.2) is 34.9 Å². The van der Waals surface area contributed by atoms with Crippen molar-refractivity contribution in [1.82, 2.24) is 15.3 Å². The summed E-state index contributed by atoms with van der Waals surface area (Å²) in [5.74, 6) is 1.55. The molecule has 1 aromatic heterocycles. The van der Waals surface area contributed by atoms with Crippen molar-refractivity contribution in [2.75, 3.05) is 13.6 Å². The van der Waals surface area contributed by atoms with Gasteiger partial charge in [-0.3, -0.25) is 0 Å². The van der Waals surface area contributed by atoms with Gasteiger partial charge in [-0.25, -0.2) is 9.97 Å². The summed E-state index contributed by atoms with van der Waals surface area (Å²) in [4.78, 5) is 9.31. The Morgan fingerprint density at radius 1 is 1.40 bits per heavy atom. The van der Waals surface area contributed by atoms with Crippen molar-refractivity contribution in [2.45, 2.75) is 19.3 Å². The molecule has 1 unspecified atom stereocenters. The molecule has 104 valence electrons. The van der Waals surface area contributed by atoms with Crippen LogP contribution in [0.5, 0.6) is 0 Å². The third kappa shape index (κ3) is 2.91. The summed E-state index contributed by atoms with van der Waals surface area (Å²) < 4.78 is 1.06. The predicted molar refractivity (Wildman–Crippen MR) is 84.6 cm³/mol. The van der Waals surface area contributed by atoms with Crippen LogP contribution in [0.2, 0.25) is 0 Å². The molecule has 0 radical (unpaired) electrons. The third-order valence-electron chi connectivity index (χ3n) is 3.83. The van der Waals surface area contributed by atoms with Gasteiger partial charge in [0.2, 0.25) is 0 Å². The van der Waals surface area contributed by atoms with Gasteiger partial charge in [0.25, 0.3) is 0 Å². The summed E-state index contributed by atoms with van der Waals surface area (Å²) in [5.41, 5.74) is 3.61. The van der Waals surface area contributed by atoms with Crippen molar-refractivity contribution in [1.29, 1.82) is 0 Å². The maximum atomic E-state index is 4.77. The van der Waals surface area contributed by atoms with E-state index in [-0.39, 0.29) is 0 Å². The first-order valence-corrected chi connectivity index (χ1v) is 7.81. The van der Waals surface area contributed by atoms with Crippen LogP contribution in [0.4, 0.5) is 0 Å². The first-order chi connectivity index (χ1) is 9.76. The van der Waals surface area contributed by atoms with E-state index in [2.05, 4.69) is 38.4 Å². The quantitative estimate of drug-likeness (QED) is 0.938. The Morgan fingerprint density at radius 3 is 3.10 bits per heavy atom. The van der Waals surface area contributed by atoms with Crippen LogP contribution in [0, 0.1) is 5.92 Å². The first kappa shape index (κ1) is 13.7. The molecule has 0 bridgehead atoms. The fourth-order valence-corrected chi connectivity index (χ4v) is 3.21.